The average Bonchev–Trinajstić information content (AvgIpc) is 2.87. The van der Waals surface area contributed by atoms with Crippen LogP contribution in [0.25, 0.3) is 0 Å². The maximum absolute atomic E-state index is 12.3. The highest BCUT2D eigenvalue weighted by atomic mass is 35.5. The summed E-state index contributed by atoms with van der Waals surface area (Å²) in [6.45, 7) is 2.69. The SMILES string of the molecule is CCc1nn(C)cc1C(=O)NCC1(CCl)CCCCC1. The number of rotatable bonds is 5. The molecule has 1 aliphatic carbocycles. The number of hydrogen-bond acceptors (Lipinski definition) is 2. The highest BCUT2D eigenvalue weighted by molar-refractivity contribution is 6.18. The van der Waals surface area contributed by atoms with Crippen LogP contribution in [-0.2, 0) is 13.5 Å². The van der Waals surface area contributed by atoms with Gasteiger partial charge in [-0.15, -0.1) is 11.6 Å². The maximum atomic E-state index is 12.3. The van der Waals surface area contributed by atoms with Crippen LogP contribution >= 0.6 is 11.6 Å². The Labute approximate surface area is 125 Å². The van der Waals surface area contributed by atoms with Gasteiger partial charge in [0.1, 0.15) is 0 Å². The van der Waals surface area contributed by atoms with E-state index in [-0.39, 0.29) is 11.3 Å². The van der Waals surface area contributed by atoms with Crippen LogP contribution in [0.15, 0.2) is 6.20 Å². The summed E-state index contributed by atoms with van der Waals surface area (Å²) in [6.07, 6.45) is 8.52. The molecule has 1 saturated carbocycles. The van der Waals surface area contributed by atoms with Crippen LogP contribution in [-0.4, -0.2) is 28.1 Å². The van der Waals surface area contributed by atoms with Gasteiger partial charge in [0.15, 0.2) is 0 Å². The van der Waals surface area contributed by atoms with E-state index < -0.39 is 0 Å². The number of carbonyl (C=O) groups excluding carboxylic acids is 1. The van der Waals surface area contributed by atoms with Crippen molar-refractivity contribution in [2.24, 2.45) is 12.5 Å². The van der Waals surface area contributed by atoms with Crippen molar-refractivity contribution in [3.63, 3.8) is 0 Å². The van der Waals surface area contributed by atoms with E-state index in [9.17, 15) is 4.79 Å². The van der Waals surface area contributed by atoms with E-state index in [4.69, 9.17) is 11.6 Å². The molecule has 112 valence electrons. The zero-order valence-electron chi connectivity index (χ0n) is 12.4. The summed E-state index contributed by atoms with van der Waals surface area (Å²) >= 11 is 6.16. The topological polar surface area (TPSA) is 46.9 Å². The van der Waals surface area contributed by atoms with Gasteiger partial charge in [0, 0.05) is 31.1 Å². The van der Waals surface area contributed by atoms with Crippen molar-refractivity contribution in [3.8, 4) is 0 Å². The Bertz CT molecular complexity index is 464. The fraction of sp³-hybridized carbons (Fsp3) is 0.733. The number of aryl methyl sites for hydroxylation is 2. The molecule has 0 aliphatic heterocycles. The number of amides is 1. The molecule has 2 rings (SSSR count). The zero-order chi connectivity index (χ0) is 14.6. The molecule has 1 aromatic heterocycles. The van der Waals surface area contributed by atoms with Crippen molar-refractivity contribution in [3.05, 3.63) is 17.5 Å². The number of aromatic nitrogens is 2. The summed E-state index contributed by atoms with van der Waals surface area (Å²) in [4.78, 5) is 12.3. The first kappa shape index (κ1) is 15.4. The van der Waals surface area contributed by atoms with Gasteiger partial charge in [-0.1, -0.05) is 26.2 Å². The second kappa shape index (κ2) is 6.61. The van der Waals surface area contributed by atoms with Crippen LogP contribution in [0, 0.1) is 5.41 Å². The first-order chi connectivity index (χ1) is 9.60. The van der Waals surface area contributed by atoms with Crippen LogP contribution in [0.5, 0.6) is 0 Å². The minimum absolute atomic E-state index is 0.0231. The van der Waals surface area contributed by atoms with Crippen molar-refractivity contribution < 1.29 is 4.79 Å². The van der Waals surface area contributed by atoms with Gasteiger partial charge in [-0.05, 0) is 19.3 Å². The molecule has 0 aromatic carbocycles. The van der Waals surface area contributed by atoms with Crippen LogP contribution in [0.4, 0.5) is 0 Å². The van der Waals surface area contributed by atoms with Crippen LogP contribution in [0.2, 0.25) is 0 Å². The van der Waals surface area contributed by atoms with Crippen LogP contribution in [0.3, 0.4) is 0 Å². The normalized spacial score (nSPS) is 17.9. The molecule has 1 aliphatic rings. The first-order valence-electron chi connectivity index (χ1n) is 7.47. The lowest BCUT2D eigenvalue weighted by molar-refractivity contribution is 0.0920. The van der Waals surface area contributed by atoms with Gasteiger partial charge in [-0.3, -0.25) is 9.48 Å². The summed E-state index contributed by atoms with van der Waals surface area (Å²) in [5.41, 5.74) is 1.63. The smallest absolute Gasteiger partial charge is 0.254 e. The summed E-state index contributed by atoms with van der Waals surface area (Å²) in [5, 5.41) is 7.38. The monoisotopic (exact) mass is 297 g/mol. The highest BCUT2D eigenvalue weighted by Crippen LogP contribution is 2.36. The molecule has 1 fully saturated rings. The number of halogens is 1. The largest absolute Gasteiger partial charge is 0.351 e. The lowest BCUT2D eigenvalue weighted by Crippen LogP contribution is -2.40. The molecule has 0 unspecified atom stereocenters. The number of nitrogens with one attached hydrogen (secondary N) is 1. The predicted octanol–water partition coefficient (Wildman–Crippen LogP) is 2.90. The van der Waals surface area contributed by atoms with Gasteiger partial charge in [-0.2, -0.15) is 5.10 Å². The molecule has 1 heterocycles. The molecular formula is C15H24ClN3O. The van der Waals surface area contributed by atoms with Gasteiger partial charge in [-0.25, -0.2) is 0 Å². The Morgan fingerprint density at radius 1 is 1.45 bits per heavy atom. The van der Waals surface area contributed by atoms with E-state index in [1.807, 2.05) is 14.0 Å². The number of hydrogen-bond donors (Lipinski definition) is 1. The average molecular weight is 298 g/mol. The third kappa shape index (κ3) is 3.35. The van der Waals surface area contributed by atoms with Gasteiger partial charge >= 0.3 is 0 Å². The molecule has 20 heavy (non-hydrogen) atoms. The Hall–Kier alpha value is -1.03. The predicted molar refractivity (Wildman–Crippen MR) is 81.2 cm³/mol. The molecule has 1 amide bonds. The lowest BCUT2D eigenvalue weighted by Gasteiger charge is -2.35. The van der Waals surface area contributed by atoms with E-state index in [0.29, 0.717) is 18.0 Å². The number of nitrogens with zero attached hydrogens (tertiary/aromatic N) is 2. The summed E-state index contributed by atoms with van der Waals surface area (Å²) in [5.74, 6) is 0.603. The van der Waals surface area contributed by atoms with Crippen molar-refractivity contribution in [2.75, 3.05) is 12.4 Å². The second-order valence-electron chi connectivity index (χ2n) is 5.89. The van der Waals surface area contributed by atoms with E-state index in [0.717, 1.165) is 25.0 Å². The summed E-state index contributed by atoms with van der Waals surface area (Å²) in [6, 6.07) is 0. The molecule has 0 saturated heterocycles. The molecule has 0 radical (unpaired) electrons. The van der Waals surface area contributed by atoms with E-state index >= 15 is 0 Å². The fourth-order valence-corrected chi connectivity index (χ4v) is 3.37. The number of alkyl halides is 1. The summed E-state index contributed by atoms with van der Waals surface area (Å²) < 4.78 is 1.70. The van der Waals surface area contributed by atoms with Gasteiger partial charge in [0.2, 0.25) is 0 Å². The first-order valence-corrected chi connectivity index (χ1v) is 8.00. The Morgan fingerprint density at radius 3 is 2.75 bits per heavy atom. The maximum Gasteiger partial charge on any atom is 0.254 e. The Morgan fingerprint density at radius 2 is 2.15 bits per heavy atom. The van der Waals surface area contributed by atoms with Crippen molar-refractivity contribution in [1.29, 1.82) is 0 Å². The lowest BCUT2D eigenvalue weighted by atomic mass is 9.75. The quantitative estimate of drug-likeness (QED) is 0.850. The van der Waals surface area contributed by atoms with E-state index in [1.54, 1.807) is 10.9 Å². The van der Waals surface area contributed by atoms with Crippen molar-refractivity contribution in [1.82, 2.24) is 15.1 Å². The molecular weight excluding hydrogens is 274 g/mol. The highest BCUT2D eigenvalue weighted by Gasteiger charge is 2.31. The Kier molecular flexibility index (Phi) is 5.08. The molecule has 4 nitrogen and oxygen atoms in total. The van der Waals surface area contributed by atoms with Crippen LogP contribution < -0.4 is 5.32 Å². The van der Waals surface area contributed by atoms with Crippen LogP contribution in [0.1, 0.15) is 55.1 Å². The number of carbonyl (C=O) groups is 1. The molecule has 5 heteroatoms. The molecule has 1 aromatic rings. The molecule has 0 spiro atoms. The zero-order valence-corrected chi connectivity index (χ0v) is 13.2. The third-order valence-electron chi connectivity index (χ3n) is 4.31. The molecule has 0 bridgehead atoms. The van der Waals surface area contributed by atoms with Crippen molar-refractivity contribution >= 4 is 17.5 Å². The van der Waals surface area contributed by atoms with Crippen molar-refractivity contribution in [2.45, 2.75) is 45.4 Å². The van der Waals surface area contributed by atoms with E-state index in [2.05, 4.69) is 10.4 Å². The van der Waals surface area contributed by atoms with Gasteiger partial charge in [0.25, 0.3) is 5.91 Å². The Balaban J connectivity index is 2.00. The minimum atomic E-state index is -0.0231. The molecule has 0 atom stereocenters. The van der Waals surface area contributed by atoms with Gasteiger partial charge in [0.05, 0.1) is 11.3 Å². The second-order valence-corrected chi connectivity index (χ2v) is 6.16. The minimum Gasteiger partial charge on any atom is -0.351 e. The molecule has 1 N–H and O–H groups in total. The van der Waals surface area contributed by atoms with Gasteiger partial charge < -0.3 is 5.32 Å². The standard InChI is InChI=1S/C15H24ClN3O/c1-3-13-12(9-19(2)18-13)14(20)17-11-15(10-16)7-5-4-6-8-15/h9H,3-8,10-11H2,1-2H3,(H,17,20). The fourth-order valence-electron chi connectivity index (χ4n) is 3.01. The third-order valence-corrected chi connectivity index (χ3v) is 4.87. The summed E-state index contributed by atoms with van der Waals surface area (Å²) in [7, 11) is 1.84. The van der Waals surface area contributed by atoms with E-state index in [1.165, 1.54) is 19.3 Å².